The van der Waals surface area contributed by atoms with Crippen molar-refractivity contribution >= 4 is 28.8 Å². The average molecular weight is 416 g/mol. The van der Waals surface area contributed by atoms with E-state index in [1.165, 1.54) is 0 Å². The Hall–Kier alpha value is -2.68. The van der Waals surface area contributed by atoms with Gasteiger partial charge in [-0.25, -0.2) is 0 Å². The standard InChI is InChI=1S/C21H25N3O4S/c25-18-9-12-24(13-10-18)17-5-1-15(2-6-17)20(26)22-11-14-28-19-7-3-16(4-8-19)21(29)23-27/h1-8,18,25,27H,9-14H2,(H,22,26)(H,23,29). The SMILES string of the molecule is O=C(NCCOc1ccc(C(=S)NO)cc1)c1ccc(N2CCC(O)CC2)cc1. The molecule has 1 fully saturated rings. The third kappa shape index (κ3) is 5.90. The van der Waals surface area contributed by atoms with Gasteiger partial charge in [-0.3, -0.25) is 15.5 Å². The normalized spacial score (nSPS) is 14.3. The summed E-state index contributed by atoms with van der Waals surface area (Å²) in [6, 6.07) is 14.5. The van der Waals surface area contributed by atoms with Crippen molar-refractivity contribution in [2.24, 2.45) is 0 Å². The molecule has 0 spiro atoms. The summed E-state index contributed by atoms with van der Waals surface area (Å²) >= 11 is 4.93. The predicted octanol–water partition coefficient (Wildman–Crippen LogP) is 2.11. The summed E-state index contributed by atoms with van der Waals surface area (Å²) in [4.78, 5) is 14.7. The van der Waals surface area contributed by atoms with Crippen molar-refractivity contribution in [2.45, 2.75) is 18.9 Å². The maximum Gasteiger partial charge on any atom is 0.251 e. The summed E-state index contributed by atoms with van der Waals surface area (Å²) < 4.78 is 5.60. The molecule has 1 saturated heterocycles. The van der Waals surface area contributed by atoms with E-state index in [2.05, 4.69) is 10.2 Å². The molecule has 3 rings (SSSR count). The lowest BCUT2D eigenvalue weighted by molar-refractivity contribution is 0.0947. The molecule has 4 N–H and O–H groups in total. The van der Waals surface area contributed by atoms with Crippen LogP contribution in [0.2, 0.25) is 0 Å². The Balaban J connectivity index is 1.42. The summed E-state index contributed by atoms with van der Waals surface area (Å²) in [5.74, 6) is 0.503. The number of nitrogens with zero attached hydrogens (tertiary/aromatic N) is 1. The van der Waals surface area contributed by atoms with Crippen LogP contribution in [0.1, 0.15) is 28.8 Å². The van der Waals surface area contributed by atoms with E-state index in [1.807, 2.05) is 29.7 Å². The van der Waals surface area contributed by atoms with Gasteiger partial charge < -0.3 is 20.1 Å². The highest BCUT2D eigenvalue weighted by Crippen LogP contribution is 2.20. The molecule has 0 radical (unpaired) electrons. The zero-order valence-electron chi connectivity index (χ0n) is 16.0. The molecule has 0 bridgehead atoms. The van der Waals surface area contributed by atoms with Crippen molar-refractivity contribution in [3.8, 4) is 5.75 Å². The first-order valence-electron chi connectivity index (χ1n) is 9.55. The molecule has 29 heavy (non-hydrogen) atoms. The van der Waals surface area contributed by atoms with Crippen molar-refractivity contribution in [3.63, 3.8) is 0 Å². The average Bonchev–Trinajstić information content (AvgIpc) is 2.77. The number of nitrogens with one attached hydrogen (secondary N) is 2. The van der Waals surface area contributed by atoms with Crippen LogP contribution in [0.5, 0.6) is 5.75 Å². The number of thiocarbonyl (C=S) groups is 1. The fourth-order valence-electron chi connectivity index (χ4n) is 3.15. The Morgan fingerprint density at radius 2 is 1.69 bits per heavy atom. The highest BCUT2D eigenvalue weighted by molar-refractivity contribution is 7.80. The van der Waals surface area contributed by atoms with Crippen LogP contribution in [0.15, 0.2) is 48.5 Å². The van der Waals surface area contributed by atoms with E-state index in [0.717, 1.165) is 31.6 Å². The number of amides is 1. The van der Waals surface area contributed by atoms with Gasteiger partial charge in [-0.1, -0.05) is 12.2 Å². The number of benzene rings is 2. The molecule has 1 aliphatic rings. The second-order valence-corrected chi connectivity index (χ2v) is 7.24. The van der Waals surface area contributed by atoms with Gasteiger partial charge in [0.2, 0.25) is 0 Å². The maximum atomic E-state index is 12.3. The molecular weight excluding hydrogens is 390 g/mol. The molecule has 2 aromatic rings. The number of aliphatic hydroxyl groups excluding tert-OH is 1. The lowest BCUT2D eigenvalue weighted by atomic mass is 10.1. The fourth-order valence-corrected chi connectivity index (χ4v) is 3.29. The first-order chi connectivity index (χ1) is 14.1. The monoisotopic (exact) mass is 415 g/mol. The molecular formula is C21H25N3O4S. The van der Waals surface area contributed by atoms with E-state index in [-0.39, 0.29) is 17.0 Å². The molecule has 8 heteroatoms. The van der Waals surface area contributed by atoms with Gasteiger partial charge in [0.25, 0.3) is 5.91 Å². The van der Waals surface area contributed by atoms with Gasteiger partial charge in [0.05, 0.1) is 12.6 Å². The number of hydrogen-bond acceptors (Lipinski definition) is 6. The van der Waals surface area contributed by atoms with Crippen LogP contribution >= 0.6 is 12.2 Å². The molecule has 1 heterocycles. The summed E-state index contributed by atoms with van der Waals surface area (Å²) in [6.45, 7) is 2.37. The Morgan fingerprint density at radius 3 is 2.31 bits per heavy atom. The third-order valence-electron chi connectivity index (χ3n) is 4.83. The number of rotatable bonds is 7. The molecule has 0 aliphatic carbocycles. The van der Waals surface area contributed by atoms with Gasteiger partial charge in [0, 0.05) is 29.9 Å². The number of ether oxygens (including phenoxy) is 1. The summed E-state index contributed by atoms with van der Waals surface area (Å²) in [5.41, 5.74) is 4.29. The van der Waals surface area contributed by atoms with E-state index >= 15 is 0 Å². The van der Waals surface area contributed by atoms with Crippen molar-refractivity contribution in [1.82, 2.24) is 10.8 Å². The molecule has 0 saturated carbocycles. The van der Waals surface area contributed by atoms with Crippen LogP contribution in [0.3, 0.4) is 0 Å². The van der Waals surface area contributed by atoms with E-state index in [0.29, 0.717) is 30.0 Å². The molecule has 0 atom stereocenters. The van der Waals surface area contributed by atoms with Crippen LogP contribution in [-0.4, -0.2) is 53.6 Å². The third-order valence-corrected chi connectivity index (χ3v) is 5.16. The van der Waals surface area contributed by atoms with E-state index < -0.39 is 0 Å². The summed E-state index contributed by atoms with van der Waals surface area (Å²) in [6.07, 6.45) is 1.35. The Kier molecular flexibility index (Phi) is 7.40. The molecule has 154 valence electrons. The number of carbonyl (C=O) groups is 1. The van der Waals surface area contributed by atoms with Gasteiger partial charge in [-0.2, -0.15) is 0 Å². The number of hydroxylamine groups is 1. The van der Waals surface area contributed by atoms with Gasteiger partial charge >= 0.3 is 0 Å². The smallest absolute Gasteiger partial charge is 0.251 e. The van der Waals surface area contributed by atoms with Crippen molar-refractivity contribution in [3.05, 3.63) is 59.7 Å². The highest BCUT2D eigenvalue weighted by Gasteiger charge is 2.17. The quantitative estimate of drug-likeness (QED) is 0.313. The highest BCUT2D eigenvalue weighted by atomic mass is 32.1. The number of hydrogen-bond donors (Lipinski definition) is 4. The maximum absolute atomic E-state index is 12.3. The molecule has 7 nitrogen and oxygen atoms in total. The number of carbonyl (C=O) groups excluding carboxylic acids is 1. The van der Waals surface area contributed by atoms with E-state index in [9.17, 15) is 9.90 Å². The predicted molar refractivity (Wildman–Crippen MR) is 115 cm³/mol. The number of anilines is 1. The lowest BCUT2D eigenvalue weighted by Crippen LogP contribution is -2.35. The minimum Gasteiger partial charge on any atom is -0.492 e. The summed E-state index contributed by atoms with van der Waals surface area (Å²) in [5, 5.41) is 21.2. The zero-order chi connectivity index (χ0) is 20.6. The molecule has 0 unspecified atom stereocenters. The second kappa shape index (κ2) is 10.2. The molecule has 1 amide bonds. The number of piperidine rings is 1. The summed E-state index contributed by atoms with van der Waals surface area (Å²) in [7, 11) is 0. The van der Waals surface area contributed by atoms with Crippen LogP contribution in [-0.2, 0) is 0 Å². The second-order valence-electron chi connectivity index (χ2n) is 6.83. The van der Waals surface area contributed by atoms with Gasteiger partial charge in [0.1, 0.15) is 17.3 Å². The zero-order valence-corrected chi connectivity index (χ0v) is 16.8. The van der Waals surface area contributed by atoms with Crippen LogP contribution in [0, 0.1) is 0 Å². The van der Waals surface area contributed by atoms with Gasteiger partial charge in [-0.05, 0) is 61.4 Å². The van der Waals surface area contributed by atoms with E-state index in [4.69, 9.17) is 22.2 Å². The van der Waals surface area contributed by atoms with Crippen LogP contribution in [0.25, 0.3) is 0 Å². The van der Waals surface area contributed by atoms with Crippen molar-refractivity contribution < 1.29 is 19.8 Å². The number of aliphatic hydroxyl groups is 1. The topological polar surface area (TPSA) is 94.1 Å². The minimum absolute atomic E-state index is 0.149. The van der Waals surface area contributed by atoms with Gasteiger partial charge in [0.15, 0.2) is 0 Å². The van der Waals surface area contributed by atoms with Crippen LogP contribution in [0.4, 0.5) is 5.69 Å². The molecule has 0 aromatic heterocycles. The van der Waals surface area contributed by atoms with Gasteiger partial charge in [-0.15, -0.1) is 0 Å². The fraction of sp³-hybridized carbons (Fsp3) is 0.333. The first-order valence-corrected chi connectivity index (χ1v) is 9.96. The van der Waals surface area contributed by atoms with Crippen molar-refractivity contribution in [2.75, 3.05) is 31.1 Å². The molecule has 1 aliphatic heterocycles. The van der Waals surface area contributed by atoms with E-state index in [1.54, 1.807) is 24.3 Å². The first kappa shape index (κ1) is 21.0. The Labute approximate surface area is 175 Å². The Morgan fingerprint density at radius 1 is 1.07 bits per heavy atom. The molecule has 2 aromatic carbocycles. The van der Waals surface area contributed by atoms with Crippen molar-refractivity contribution in [1.29, 1.82) is 0 Å². The van der Waals surface area contributed by atoms with Crippen LogP contribution < -0.4 is 20.4 Å². The lowest BCUT2D eigenvalue weighted by Gasteiger charge is -2.31. The minimum atomic E-state index is -0.202. The Bertz CT molecular complexity index is 819. The largest absolute Gasteiger partial charge is 0.492 e.